The summed E-state index contributed by atoms with van der Waals surface area (Å²) in [5.41, 5.74) is 1.38. The maximum atomic E-state index is 11.3. The number of methoxy groups -OCH3 is 4. The highest BCUT2D eigenvalue weighted by Gasteiger charge is 2.17. The van der Waals surface area contributed by atoms with Crippen molar-refractivity contribution in [3.8, 4) is 11.5 Å². The molecule has 0 fully saturated rings. The summed E-state index contributed by atoms with van der Waals surface area (Å²) in [6.45, 7) is 1.44. The molecule has 0 aliphatic rings. The van der Waals surface area contributed by atoms with E-state index in [9.17, 15) is 4.79 Å². The van der Waals surface area contributed by atoms with Crippen LogP contribution in [0.2, 0.25) is 0 Å². The first-order valence-electron chi connectivity index (χ1n) is 6.13. The zero-order valence-corrected chi connectivity index (χ0v) is 12.5. The van der Waals surface area contributed by atoms with Crippen molar-refractivity contribution in [1.82, 2.24) is 0 Å². The van der Waals surface area contributed by atoms with Crippen LogP contribution in [0.15, 0.2) is 12.1 Å². The van der Waals surface area contributed by atoms with E-state index in [1.165, 1.54) is 6.92 Å². The van der Waals surface area contributed by atoms with E-state index < -0.39 is 6.29 Å². The van der Waals surface area contributed by atoms with E-state index in [1.807, 2.05) is 6.07 Å². The molecule has 0 spiro atoms. The van der Waals surface area contributed by atoms with Crippen molar-refractivity contribution in [2.24, 2.45) is 0 Å². The van der Waals surface area contributed by atoms with Gasteiger partial charge in [-0.2, -0.15) is 0 Å². The summed E-state index contributed by atoms with van der Waals surface area (Å²) < 4.78 is 21.0. The van der Waals surface area contributed by atoms with Gasteiger partial charge in [-0.05, 0) is 6.07 Å². The minimum Gasteiger partial charge on any atom is -0.497 e. The number of anilines is 1. The summed E-state index contributed by atoms with van der Waals surface area (Å²) in [5.74, 6) is 1.01. The van der Waals surface area contributed by atoms with Gasteiger partial charge in [-0.3, -0.25) is 4.79 Å². The summed E-state index contributed by atoms with van der Waals surface area (Å²) in [7, 11) is 6.24. The van der Waals surface area contributed by atoms with Gasteiger partial charge in [0.1, 0.15) is 11.5 Å². The molecule has 0 aliphatic carbocycles. The number of carbonyl (C=O) groups excluding carboxylic acids is 1. The van der Waals surface area contributed by atoms with E-state index in [4.69, 9.17) is 18.9 Å². The number of amides is 1. The normalized spacial score (nSPS) is 10.5. The van der Waals surface area contributed by atoms with Gasteiger partial charge in [-0.1, -0.05) is 0 Å². The number of ether oxygens (including phenoxy) is 4. The summed E-state index contributed by atoms with van der Waals surface area (Å²) in [5, 5.41) is 2.72. The topological polar surface area (TPSA) is 66.0 Å². The molecule has 1 amide bonds. The first-order valence-corrected chi connectivity index (χ1v) is 6.13. The summed E-state index contributed by atoms with van der Waals surface area (Å²) in [6.07, 6.45) is 0.0705. The first kappa shape index (κ1) is 16.3. The predicted molar refractivity (Wildman–Crippen MR) is 75.4 cm³/mol. The average molecular weight is 283 g/mol. The Balaban J connectivity index is 3.21. The van der Waals surface area contributed by atoms with Gasteiger partial charge in [0.15, 0.2) is 6.29 Å². The van der Waals surface area contributed by atoms with E-state index in [0.717, 1.165) is 5.56 Å². The quantitative estimate of drug-likeness (QED) is 0.773. The van der Waals surface area contributed by atoms with Gasteiger partial charge in [-0.25, -0.2) is 0 Å². The molecule has 0 saturated heterocycles. The van der Waals surface area contributed by atoms with Crippen LogP contribution in [0.1, 0.15) is 12.5 Å². The van der Waals surface area contributed by atoms with Gasteiger partial charge >= 0.3 is 0 Å². The second kappa shape index (κ2) is 7.72. The summed E-state index contributed by atoms with van der Waals surface area (Å²) in [4.78, 5) is 11.3. The number of carbonyl (C=O) groups is 1. The molecule has 1 N–H and O–H groups in total. The van der Waals surface area contributed by atoms with Crippen molar-refractivity contribution in [3.05, 3.63) is 17.7 Å². The largest absolute Gasteiger partial charge is 0.497 e. The third kappa shape index (κ3) is 4.11. The average Bonchev–Trinajstić information content (AvgIpc) is 2.43. The molecular formula is C14H21NO5. The van der Waals surface area contributed by atoms with Gasteiger partial charge in [0.25, 0.3) is 0 Å². The van der Waals surface area contributed by atoms with Crippen molar-refractivity contribution >= 4 is 11.6 Å². The van der Waals surface area contributed by atoms with E-state index in [2.05, 4.69) is 5.32 Å². The van der Waals surface area contributed by atoms with E-state index in [-0.39, 0.29) is 5.91 Å². The fraction of sp³-hybridized carbons (Fsp3) is 0.500. The van der Waals surface area contributed by atoms with Gasteiger partial charge < -0.3 is 24.3 Å². The third-order valence-electron chi connectivity index (χ3n) is 2.80. The lowest BCUT2D eigenvalue weighted by Crippen LogP contribution is -2.17. The van der Waals surface area contributed by atoms with Crippen molar-refractivity contribution in [2.45, 2.75) is 19.6 Å². The van der Waals surface area contributed by atoms with Gasteiger partial charge in [0, 0.05) is 39.2 Å². The first-order chi connectivity index (χ1) is 9.55. The van der Waals surface area contributed by atoms with Crippen molar-refractivity contribution in [3.63, 3.8) is 0 Å². The molecule has 20 heavy (non-hydrogen) atoms. The predicted octanol–water partition coefficient (Wildman–Crippen LogP) is 1.82. The molecule has 0 aromatic heterocycles. The van der Waals surface area contributed by atoms with Gasteiger partial charge in [0.2, 0.25) is 5.91 Å². The van der Waals surface area contributed by atoms with E-state index >= 15 is 0 Å². The second-order valence-electron chi connectivity index (χ2n) is 4.15. The Labute approximate surface area is 119 Å². The van der Waals surface area contributed by atoms with Crippen molar-refractivity contribution in [2.75, 3.05) is 33.8 Å². The minimum atomic E-state index is -0.402. The maximum Gasteiger partial charge on any atom is 0.221 e. The maximum absolute atomic E-state index is 11.3. The Morgan fingerprint density at radius 3 is 2.25 bits per heavy atom. The lowest BCUT2D eigenvalue weighted by atomic mass is 10.1. The molecule has 0 aliphatic heterocycles. The molecular weight excluding hydrogens is 262 g/mol. The highest BCUT2D eigenvalue weighted by molar-refractivity contribution is 5.91. The SMILES string of the molecule is COc1cc(CC(OC)OC)c(OC)c(NC(C)=O)c1. The molecule has 6 nitrogen and oxygen atoms in total. The highest BCUT2D eigenvalue weighted by atomic mass is 16.7. The van der Waals surface area contributed by atoms with Gasteiger partial charge in [0.05, 0.1) is 19.9 Å². The minimum absolute atomic E-state index is 0.183. The Morgan fingerprint density at radius 2 is 1.80 bits per heavy atom. The smallest absolute Gasteiger partial charge is 0.221 e. The fourth-order valence-corrected chi connectivity index (χ4v) is 1.90. The fourth-order valence-electron chi connectivity index (χ4n) is 1.90. The highest BCUT2D eigenvalue weighted by Crippen LogP contribution is 2.34. The number of hydrogen-bond donors (Lipinski definition) is 1. The Kier molecular flexibility index (Phi) is 6.27. The van der Waals surface area contributed by atoms with Crippen LogP contribution in [-0.2, 0) is 20.7 Å². The number of nitrogens with one attached hydrogen (secondary N) is 1. The Bertz CT molecular complexity index is 457. The molecule has 1 aromatic rings. The molecule has 0 radical (unpaired) electrons. The molecule has 1 aromatic carbocycles. The molecule has 0 heterocycles. The van der Waals surface area contributed by atoms with E-state index in [0.29, 0.717) is 23.6 Å². The van der Waals surface area contributed by atoms with Crippen LogP contribution in [0.4, 0.5) is 5.69 Å². The monoisotopic (exact) mass is 283 g/mol. The lowest BCUT2D eigenvalue weighted by molar-refractivity contribution is -0.114. The van der Waals surface area contributed by atoms with Crippen LogP contribution in [0.3, 0.4) is 0 Å². The Hall–Kier alpha value is -1.79. The second-order valence-corrected chi connectivity index (χ2v) is 4.15. The van der Waals surface area contributed by atoms with Crippen LogP contribution in [0, 0.1) is 0 Å². The van der Waals surface area contributed by atoms with Crippen LogP contribution in [-0.4, -0.2) is 40.6 Å². The van der Waals surface area contributed by atoms with Crippen molar-refractivity contribution < 1.29 is 23.7 Å². The van der Waals surface area contributed by atoms with Crippen LogP contribution >= 0.6 is 0 Å². The van der Waals surface area contributed by atoms with Crippen LogP contribution < -0.4 is 14.8 Å². The molecule has 1 rings (SSSR count). The Morgan fingerprint density at radius 1 is 1.15 bits per heavy atom. The third-order valence-corrected chi connectivity index (χ3v) is 2.80. The number of benzene rings is 1. The molecule has 0 saturated carbocycles. The van der Waals surface area contributed by atoms with Crippen molar-refractivity contribution in [1.29, 1.82) is 0 Å². The number of hydrogen-bond acceptors (Lipinski definition) is 5. The summed E-state index contributed by atoms with van der Waals surface area (Å²) in [6, 6.07) is 3.54. The zero-order chi connectivity index (χ0) is 15.1. The van der Waals surface area contributed by atoms with Crippen LogP contribution in [0.5, 0.6) is 11.5 Å². The molecule has 112 valence electrons. The zero-order valence-electron chi connectivity index (χ0n) is 12.5. The molecule has 6 heteroatoms. The molecule has 0 bridgehead atoms. The van der Waals surface area contributed by atoms with Crippen LogP contribution in [0.25, 0.3) is 0 Å². The van der Waals surface area contributed by atoms with Gasteiger partial charge in [-0.15, -0.1) is 0 Å². The lowest BCUT2D eigenvalue weighted by Gasteiger charge is -2.19. The standard InChI is InChI=1S/C14H21NO5/c1-9(16)15-12-8-11(17-2)6-10(14(12)20-5)7-13(18-3)19-4/h6,8,13H,7H2,1-5H3,(H,15,16). The number of rotatable bonds is 7. The van der Waals surface area contributed by atoms with E-state index in [1.54, 1.807) is 34.5 Å². The molecule has 0 unspecified atom stereocenters. The summed E-state index contributed by atoms with van der Waals surface area (Å²) >= 11 is 0. The molecule has 0 atom stereocenters.